The predicted octanol–water partition coefficient (Wildman–Crippen LogP) is 1.17. The zero-order chi connectivity index (χ0) is 10.5. The molecule has 84 valence electrons. The van der Waals surface area contributed by atoms with Crippen molar-refractivity contribution in [2.24, 2.45) is 0 Å². The Morgan fingerprint density at radius 2 is 2.60 bits per heavy atom. The Morgan fingerprint density at radius 3 is 3.33 bits per heavy atom. The Labute approximate surface area is 90.6 Å². The molecule has 0 aliphatic carbocycles. The molecule has 0 saturated carbocycles. The highest BCUT2D eigenvalue weighted by molar-refractivity contribution is 4.90. The summed E-state index contributed by atoms with van der Waals surface area (Å²) >= 11 is 0. The fourth-order valence-electron chi connectivity index (χ4n) is 1.92. The van der Waals surface area contributed by atoms with Gasteiger partial charge in [-0.2, -0.15) is 0 Å². The van der Waals surface area contributed by atoms with Gasteiger partial charge in [-0.15, -0.1) is 0 Å². The first-order valence-electron chi connectivity index (χ1n) is 5.72. The monoisotopic (exact) mass is 209 g/mol. The molecule has 15 heavy (non-hydrogen) atoms. The van der Waals surface area contributed by atoms with Gasteiger partial charge in [0.1, 0.15) is 12.4 Å². The van der Waals surface area contributed by atoms with Crippen LogP contribution in [0.4, 0.5) is 0 Å². The summed E-state index contributed by atoms with van der Waals surface area (Å²) in [5.74, 6) is 1.03. The van der Waals surface area contributed by atoms with Crippen LogP contribution < -0.4 is 5.32 Å². The minimum Gasteiger partial charge on any atom is -0.369 e. The highest BCUT2D eigenvalue weighted by Crippen LogP contribution is 2.09. The molecule has 4 heteroatoms. The zero-order valence-corrected chi connectivity index (χ0v) is 9.28. The predicted molar refractivity (Wildman–Crippen MR) is 58.6 cm³/mol. The van der Waals surface area contributed by atoms with Crippen molar-refractivity contribution in [3.8, 4) is 0 Å². The van der Waals surface area contributed by atoms with Crippen LogP contribution in [-0.4, -0.2) is 28.7 Å². The standard InChI is InChI=1S/C11H19N3O/c1-2-14-7-6-13-11(14)9-15-10-4-3-5-12-8-10/h6-7,10,12H,2-5,8-9H2,1H3/t10-/m0/s1. The van der Waals surface area contributed by atoms with E-state index in [2.05, 4.69) is 21.8 Å². The lowest BCUT2D eigenvalue weighted by Gasteiger charge is -2.22. The van der Waals surface area contributed by atoms with Crippen LogP contribution in [0.3, 0.4) is 0 Å². The lowest BCUT2D eigenvalue weighted by Crippen LogP contribution is -2.35. The maximum atomic E-state index is 5.82. The highest BCUT2D eigenvalue weighted by atomic mass is 16.5. The van der Waals surface area contributed by atoms with Crippen LogP contribution in [0.25, 0.3) is 0 Å². The number of piperidine rings is 1. The maximum Gasteiger partial charge on any atom is 0.134 e. The van der Waals surface area contributed by atoms with E-state index in [0.717, 1.165) is 25.5 Å². The number of nitrogens with zero attached hydrogens (tertiary/aromatic N) is 2. The molecule has 1 aliphatic rings. The molecule has 1 atom stereocenters. The molecular formula is C11H19N3O. The van der Waals surface area contributed by atoms with Gasteiger partial charge in [-0.3, -0.25) is 0 Å². The molecule has 1 aromatic heterocycles. The number of hydrogen-bond acceptors (Lipinski definition) is 3. The second kappa shape index (κ2) is 5.28. The van der Waals surface area contributed by atoms with Gasteiger partial charge < -0.3 is 14.6 Å². The summed E-state index contributed by atoms with van der Waals surface area (Å²) in [5, 5.41) is 3.34. The van der Waals surface area contributed by atoms with Crippen LogP contribution >= 0.6 is 0 Å². The third kappa shape index (κ3) is 2.79. The Bertz CT molecular complexity index is 292. The summed E-state index contributed by atoms with van der Waals surface area (Å²) in [6.07, 6.45) is 6.58. The topological polar surface area (TPSA) is 39.1 Å². The van der Waals surface area contributed by atoms with Crippen LogP contribution in [0.15, 0.2) is 12.4 Å². The van der Waals surface area contributed by atoms with Crippen LogP contribution in [0.2, 0.25) is 0 Å². The molecule has 1 saturated heterocycles. The number of imidazole rings is 1. The summed E-state index contributed by atoms with van der Waals surface area (Å²) in [4.78, 5) is 4.29. The molecule has 1 N–H and O–H groups in total. The van der Waals surface area contributed by atoms with E-state index in [-0.39, 0.29) is 0 Å². The van der Waals surface area contributed by atoms with E-state index in [1.807, 2.05) is 12.4 Å². The van der Waals surface area contributed by atoms with E-state index < -0.39 is 0 Å². The summed E-state index contributed by atoms with van der Waals surface area (Å²) in [6.45, 7) is 5.82. The van der Waals surface area contributed by atoms with Crippen LogP contribution in [0, 0.1) is 0 Å². The molecule has 0 unspecified atom stereocenters. The van der Waals surface area contributed by atoms with Crippen molar-refractivity contribution in [2.75, 3.05) is 13.1 Å². The largest absolute Gasteiger partial charge is 0.369 e. The molecule has 0 radical (unpaired) electrons. The number of rotatable bonds is 4. The molecule has 0 bridgehead atoms. The fourth-order valence-corrected chi connectivity index (χ4v) is 1.92. The van der Waals surface area contributed by atoms with Crippen molar-refractivity contribution in [2.45, 2.75) is 39.0 Å². The first-order chi connectivity index (χ1) is 7.40. The van der Waals surface area contributed by atoms with Gasteiger partial charge in [-0.25, -0.2) is 4.98 Å². The first kappa shape index (κ1) is 10.6. The summed E-state index contributed by atoms with van der Waals surface area (Å²) in [6, 6.07) is 0. The summed E-state index contributed by atoms with van der Waals surface area (Å²) < 4.78 is 7.95. The van der Waals surface area contributed by atoms with Crippen LogP contribution in [-0.2, 0) is 17.9 Å². The van der Waals surface area contributed by atoms with Gasteiger partial charge in [0.05, 0.1) is 6.10 Å². The van der Waals surface area contributed by atoms with Gasteiger partial charge in [-0.05, 0) is 26.3 Å². The molecule has 0 amide bonds. The quantitative estimate of drug-likeness (QED) is 0.809. The minimum atomic E-state index is 0.362. The molecule has 0 aromatic carbocycles. The van der Waals surface area contributed by atoms with E-state index >= 15 is 0 Å². The zero-order valence-electron chi connectivity index (χ0n) is 9.28. The van der Waals surface area contributed by atoms with E-state index in [0.29, 0.717) is 12.7 Å². The van der Waals surface area contributed by atoms with E-state index in [4.69, 9.17) is 4.74 Å². The molecule has 2 rings (SSSR count). The smallest absolute Gasteiger partial charge is 0.134 e. The van der Waals surface area contributed by atoms with Gasteiger partial charge in [0.25, 0.3) is 0 Å². The number of aryl methyl sites for hydroxylation is 1. The molecule has 1 fully saturated rings. The van der Waals surface area contributed by atoms with Gasteiger partial charge >= 0.3 is 0 Å². The van der Waals surface area contributed by atoms with E-state index in [9.17, 15) is 0 Å². The van der Waals surface area contributed by atoms with Gasteiger partial charge in [0.15, 0.2) is 0 Å². The molecule has 0 spiro atoms. The number of aromatic nitrogens is 2. The van der Waals surface area contributed by atoms with Gasteiger partial charge in [-0.1, -0.05) is 0 Å². The fraction of sp³-hybridized carbons (Fsp3) is 0.727. The highest BCUT2D eigenvalue weighted by Gasteiger charge is 2.14. The minimum absolute atomic E-state index is 0.362. The Morgan fingerprint density at radius 1 is 1.67 bits per heavy atom. The second-order valence-electron chi connectivity index (χ2n) is 3.91. The molecule has 1 aromatic rings. The van der Waals surface area contributed by atoms with Gasteiger partial charge in [0, 0.05) is 25.5 Å². The SMILES string of the molecule is CCn1ccnc1CO[C@H]1CCCNC1. The number of hydrogen-bond donors (Lipinski definition) is 1. The Balaban J connectivity index is 1.81. The van der Waals surface area contributed by atoms with Crippen molar-refractivity contribution in [3.63, 3.8) is 0 Å². The third-order valence-corrected chi connectivity index (χ3v) is 2.84. The second-order valence-corrected chi connectivity index (χ2v) is 3.91. The molecule has 1 aliphatic heterocycles. The summed E-state index contributed by atoms with van der Waals surface area (Å²) in [7, 11) is 0. The number of ether oxygens (including phenoxy) is 1. The first-order valence-corrected chi connectivity index (χ1v) is 5.72. The molecule has 2 heterocycles. The molecular weight excluding hydrogens is 190 g/mol. The average molecular weight is 209 g/mol. The average Bonchev–Trinajstić information content (AvgIpc) is 2.75. The number of nitrogens with one attached hydrogen (secondary N) is 1. The van der Waals surface area contributed by atoms with Crippen LogP contribution in [0.5, 0.6) is 0 Å². The van der Waals surface area contributed by atoms with Crippen molar-refractivity contribution >= 4 is 0 Å². The van der Waals surface area contributed by atoms with Crippen molar-refractivity contribution < 1.29 is 4.74 Å². The van der Waals surface area contributed by atoms with Crippen molar-refractivity contribution in [1.82, 2.24) is 14.9 Å². The maximum absolute atomic E-state index is 5.82. The van der Waals surface area contributed by atoms with E-state index in [1.54, 1.807) is 0 Å². The molecule has 4 nitrogen and oxygen atoms in total. The van der Waals surface area contributed by atoms with E-state index in [1.165, 1.54) is 12.8 Å². The third-order valence-electron chi connectivity index (χ3n) is 2.84. The van der Waals surface area contributed by atoms with Crippen LogP contribution in [0.1, 0.15) is 25.6 Å². The Kier molecular flexibility index (Phi) is 3.75. The summed E-state index contributed by atoms with van der Waals surface area (Å²) in [5.41, 5.74) is 0. The normalized spacial score (nSPS) is 21.8. The van der Waals surface area contributed by atoms with Crippen molar-refractivity contribution in [3.05, 3.63) is 18.2 Å². The van der Waals surface area contributed by atoms with Gasteiger partial charge in [0.2, 0.25) is 0 Å². The lowest BCUT2D eigenvalue weighted by molar-refractivity contribution is 0.0205. The lowest BCUT2D eigenvalue weighted by atomic mass is 10.1. The Hall–Kier alpha value is -0.870. The van der Waals surface area contributed by atoms with Crippen molar-refractivity contribution in [1.29, 1.82) is 0 Å².